The highest BCUT2D eigenvalue weighted by molar-refractivity contribution is 7.19. The molecule has 1 aliphatic carbocycles. The van der Waals surface area contributed by atoms with Crippen LogP contribution in [0, 0.1) is 25.7 Å². The van der Waals surface area contributed by atoms with Crippen molar-refractivity contribution in [3.8, 4) is 65.0 Å². The lowest BCUT2D eigenvalue weighted by Gasteiger charge is -2.39. The van der Waals surface area contributed by atoms with Crippen molar-refractivity contribution < 1.29 is 0 Å². The predicted octanol–water partition coefficient (Wildman–Crippen LogP) is 20.9. The van der Waals surface area contributed by atoms with Crippen molar-refractivity contribution in [2.75, 3.05) is 0 Å². The van der Waals surface area contributed by atoms with E-state index in [0.717, 1.165) is 57.5 Å². The van der Waals surface area contributed by atoms with E-state index in [1.807, 2.05) is 22.7 Å². The van der Waals surface area contributed by atoms with Crippen LogP contribution in [-0.2, 0) is 18.3 Å². The standard InChI is InChI=1S/C67H78N2S2/c1-9-15-19-47(13-5)43-67(44-48(14-6)20-16-10-2)58-41-45(7)23-34-54(58)55-35-33-53(42-59(55)67)60-39-40-62(71-60)57-37-36-56(61-38-24-46(8)70-61)65-66(57)69-64(52-31-27-50(28-32-52)22-18-12-4)63(68-65)51-29-25-49(26-30-51)21-17-11-3/h23-42,47-48H,9-22,43-44H2,1-8H3. The number of aromatic nitrogens is 2. The molecule has 0 radical (unpaired) electrons. The van der Waals surface area contributed by atoms with E-state index in [0.29, 0.717) is 11.8 Å². The molecule has 0 aliphatic heterocycles. The highest BCUT2D eigenvalue weighted by Gasteiger charge is 2.45. The molecule has 2 unspecified atom stereocenters. The van der Waals surface area contributed by atoms with E-state index < -0.39 is 0 Å². The largest absolute Gasteiger partial charge is 0.243 e. The second-order valence-corrected chi connectivity index (χ2v) is 23.5. The average Bonchev–Trinajstić information content (AvgIpc) is 4.14. The number of rotatable bonds is 23. The molecule has 0 saturated carbocycles. The van der Waals surface area contributed by atoms with Crippen LogP contribution in [0.1, 0.15) is 164 Å². The maximum absolute atomic E-state index is 5.80. The first-order chi connectivity index (χ1) is 34.7. The predicted molar refractivity (Wildman–Crippen MR) is 311 cm³/mol. The number of unbranched alkanes of at least 4 members (excludes halogenated alkanes) is 4. The van der Waals surface area contributed by atoms with Gasteiger partial charge in [0.05, 0.1) is 22.4 Å². The molecule has 2 atom stereocenters. The summed E-state index contributed by atoms with van der Waals surface area (Å²) in [5.41, 5.74) is 19.8. The van der Waals surface area contributed by atoms with Crippen LogP contribution in [0.4, 0.5) is 0 Å². The topological polar surface area (TPSA) is 25.8 Å². The van der Waals surface area contributed by atoms with E-state index in [-0.39, 0.29) is 5.41 Å². The fourth-order valence-corrected chi connectivity index (χ4v) is 13.7. The van der Waals surface area contributed by atoms with Gasteiger partial charge in [-0.1, -0.05) is 202 Å². The second-order valence-electron chi connectivity index (χ2n) is 21.1. The number of nitrogens with zero attached hydrogens (tertiary/aromatic N) is 2. The van der Waals surface area contributed by atoms with Crippen LogP contribution in [0.2, 0.25) is 0 Å². The van der Waals surface area contributed by atoms with Crippen molar-refractivity contribution in [3.63, 3.8) is 0 Å². The summed E-state index contributed by atoms with van der Waals surface area (Å²) < 4.78 is 0. The molecule has 3 aromatic heterocycles. The lowest BCUT2D eigenvalue weighted by atomic mass is 9.65. The molecule has 0 fully saturated rings. The normalized spacial score (nSPS) is 15.0. The van der Waals surface area contributed by atoms with Crippen LogP contribution in [0.15, 0.2) is 121 Å². The zero-order valence-corrected chi connectivity index (χ0v) is 45.9. The van der Waals surface area contributed by atoms with Crippen LogP contribution in [-0.4, -0.2) is 9.97 Å². The van der Waals surface area contributed by atoms with Gasteiger partial charge in [-0.3, -0.25) is 0 Å². The Hall–Kier alpha value is -5.16. The summed E-state index contributed by atoms with van der Waals surface area (Å²) in [6.07, 6.45) is 19.6. The SMILES string of the molecule is CCCCc1ccc(-c2nc3c(-c4ccc(C)s4)ccc(-c4ccc(-c5ccc6c(c5)C(CC(CC)CCCC)(CC(CC)CCCC)c5cc(C)ccc5-6)s4)c3nc2-c2ccc(CCCC)cc2)cc1. The van der Waals surface area contributed by atoms with Crippen LogP contribution in [0.3, 0.4) is 0 Å². The van der Waals surface area contributed by atoms with Gasteiger partial charge in [-0.15, -0.1) is 22.7 Å². The van der Waals surface area contributed by atoms with Crippen LogP contribution < -0.4 is 0 Å². The number of aryl methyl sites for hydroxylation is 4. The Morgan fingerprint density at radius 3 is 1.38 bits per heavy atom. The van der Waals surface area contributed by atoms with E-state index in [2.05, 4.69) is 177 Å². The highest BCUT2D eigenvalue weighted by atomic mass is 32.1. The van der Waals surface area contributed by atoms with Gasteiger partial charge in [0.15, 0.2) is 0 Å². The summed E-state index contributed by atoms with van der Waals surface area (Å²) in [5.74, 6) is 1.39. The van der Waals surface area contributed by atoms with Gasteiger partial charge in [0.1, 0.15) is 0 Å². The van der Waals surface area contributed by atoms with Gasteiger partial charge in [-0.05, 0) is 133 Å². The molecule has 8 aromatic rings. The molecule has 4 heteroatoms. The molecule has 0 spiro atoms. The monoisotopic (exact) mass is 975 g/mol. The molecule has 2 nitrogen and oxygen atoms in total. The highest BCUT2D eigenvalue weighted by Crippen LogP contribution is 2.57. The molecule has 71 heavy (non-hydrogen) atoms. The van der Waals surface area contributed by atoms with Gasteiger partial charge in [-0.25, -0.2) is 9.97 Å². The Kier molecular flexibility index (Phi) is 16.6. The van der Waals surface area contributed by atoms with Crippen molar-refractivity contribution in [1.82, 2.24) is 9.97 Å². The Labute approximate surface area is 435 Å². The third-order valence-corrected chi connectivity index (χ3v) is 18.2. The molecule has 9 rings (SSSR count). The van der Waals surface area contributed by atoms with Crippen LogP contribution >= 0.6 is 22.7 Å². The first-order valence-corrected chi connectivity index (χ1v) is 29.3. The van der Waals surface area contributed by atoms with Crippen LogP contribution in [0.25, 0.3) is 76.0 Å². The fourth-order valence-electron chi connectivity index (χ4n) is 11.7. The van der Waals surface area contributed by atoms with Crippen molar-refractivity contribution >= 4 is 33.7 Å². The first kappa shape index (κ1) is 50.8. The maximum atomic E-state index is 5.80. The van der Waals surface area contributed by atoms with E-state index in [1.54, 1.807) is 11.1 Å². The third kappa shape index (κ3) is 10.8. The molecule has 5 aromatic carbocycles. The fraction of sp³-hybridized carbons (Fsp3) is 0.403. The molecule has 0 amide bonds. The zero-order valence-electron chi connectivity index (χ0n) is 44.2. The molecule has 368 valence electrons. The Balaban J connectivity index is 1.20. The van der Waals surface area contributed by atoms with Crippen LogP contribution in [0.5, 0.6) is 0 Å². The van der Waals surface area contributed by atoms with Crippen molar-refractivity contribution in [2.24, 2.45) is 11.8 Å². The van der Waals surface area contributed by atoms with E-state index in [1.165, 1.54) is 143 Å². The quantitative estimate of drug-likeness (QED) is 0.0638. The van der Waals surface area contributed by atoms with Gasteiger partial charge in [-0.2, -0.15) is 0 Å². The molecule has 0 bridgehead atoms. The summed E-state index contributed by atoms with van der Waals surface area (Å²) in [7, 11) is 0. The van der Waals surface area contributed by atoms with Crippen molar-refractivity contribution in [3.05, 3.63) is 154 Å². The van der Waals surface area contributed by atoms with Gasteiger partial charge in [0.2, 0.25) is 0 Å². The Morgan fingerprint density at radius 1 is 0.437 bits per heavy atom. The van der Waals surface area contributed by atoms with Gasteiger partial charge in [0, 0.05) is 47.2 Å². The zero-order chi connectivity index (χ0) is 49.5. The number of thiophene rings is 2. The molecule has 0 saturated heterocycles. The van der Waals surface area contributed by atoms with E-state index in [9.17, 15) is 0 Å². The molecule has 3 heterocycles. The number of fused-ring (bicyclic) bond motifs is 4. The summed E-state index contributed by atoms with van der Waals surface area (Å²) in [6, 6.07) is 47.1. The Morgan fingerprint density at radius 2 is 0.887 bits per heavy atom. The molecule has 1 aliphatic rings. The molecular weight excluding hydrogens is 897 g/mol. The number of hydrogen-bond acceptors (Lipinski definition) is 4. The minimum Gasteiger partial charge on any atom is -0.243 e. The summed E-state index contributed by atoms with van der Waals surface area (Å²) in [5, 5.41) is 0. The summed E-state index contributed by atoms with van der Waals surface area (Å²) >= 11 is 3.74. The first-order valence-electron chi connectivity index (χ1n) is 27.7. The number of benzene rings is 5. The Bertz CT molecular complexity index is 3020. The van der Waals surface area contributed by atoms with Crippen molar-refractivity contribution in [1.29, 1.82) is 0 Å². The average molecular weight is 976 g/mol. The summed E-state index contributed by atoms with van der Waals surface area (Å²) in [4.78, 5) is 16.6. The second kappa shape index (κ2) is 23.2. The lowest BCUT2D eigenvalue weighted by Crippen LogP contribution is -2.31. The molecule has 0 N–H and O–H groups in total. The third-order valence-electron chi connectivity index (χ3n) is 16.0. The van der Waals surface area contributed by atoms with Gasteiger partial charge < -0.3 is 0 Å². The lowest BCUT2D eigenvalue weighted by molar-refractivity contribution is 0.266. The van der Waals surface area contributed by atoms with Crippen molar-refractivity contribution in [2.45, 2.75) is 164 Å². The molecular formula is C67H78N2S2. The maximum Gasteiger partial charge on any atom is 0.0988 e. The van der Waals surface area contributed by atoms with E-state index in [4.69, 9.17) is 9.97 Å². The van der Waals surface area contributed by atoms with E-state index >= 15 is 0 Å². The minimum absolute atomic E-state index is 0.00443. The smallest absolute Gasteiger partial charge is 0.0988 e. The van der Waals surface area contributed by atoms with Gasteiger partial charge in [0.25, 0.3) is 0 Å². The van der Waals surface area contributed by atoms with Gasteiger partial charge >= 0.3 is 0 Å². The summed E-state index contributed by atoms with van der Waals surface area (Å²) in [6.45, 7) is 18.6. The number of hydrogen-bond donors (Lipinski definition) is 0. The minimum atomic E-state index is -0.00443.